The summed E-state index contributed by atoms with van der Waals surface area (Å²) < 4.78 is 6.14. The number of halogens is 1. The van der Waals surface area contributed by atoms with Crippen LogP contribution in [0.15, 0.2) is 47.1 Å². The molecule has 1 aromatic carbocycles. The lowest BCUT2D eigenvalue weighted by molar-refractivity contribution is 0.0941. The van der Waals surface area contributed by atoms with Crippen molar-refractivity contribution in [2.75, 3.05) is 18.9 Å². The van der Waals surface area contributed by atoms with E-state index < -0.39 is 0 Å². The van der Waals surface area contributed by atoms with E-state index in [0.29, 0.717) is 34.8 Å². The monoisotopic (exact) mass is 335 g/mol. The minimum absolute atomic E-state index is 0.248. The van der Waals surface area contributed by atoms with Crippen LogP contribution in [0.1, 0.15) is 10.5 Å². The van der Waals surface area contributed by atoms with E-state index in [1.165, 1.54) is 0 Å². The molecule has 0 radical (unpaired) electrons. The van der Waals surface area contributed by atoms with Crippen LogP contribution in [0.25, 0.3) is 0 Å². The number of aromatic nitrogens is 1. The van der Waals surface area contributed by atoms with Crippen LogP contribution in [0, 0.1) is 0 Å². The van der Waals surface area contributed by atoms with Gasteiger partial charge in [0.25, 0.3) is 5.91 Å². The molecule has 20 heavy (non-hydrogen) atoms. The van der Waals surface area contributed by atoms with Crippen molar-refractivity contribution in [3.8, 4) is 5.75 Å². The molecule has 0 aliphatic rings. The quantitative estimate of drug-likeness (QED) is 0.648. The van der Waals surface area contributed by atoms with Crippen molar-refractivity contribution in [3.63, 3.8) is 0 Å². The first-order chi connectivity index (χ1) is 9.68. The Bertz CT molecular complexity index is 604. The number of carbonyl (C=O) groups excluding carboxylic acids is 1. The summed E-state index contributed by atoms with van der Waals surface area (Å²) in [7, 11) is 0. The minimum Gasteiger partial charge on any atom is -0.490 e. The molecule has 0 saturated heterocycles. The van der Waals surface area contributed by atoms with Gasteiger partial charge in [0, 0.05) is 10.7 Å². The standard InChI is InChI=1S/C14H14BrN3O2/c15-10-4-3-7-17-13(10)14(19)18-8-9-20-12-6-2-1-5-11(12)16/h1-7H,8-9,16H2,(H,18,19). The number of nitrogen functional groups attached to an aromatic ring is 1. The minimum atomic E-state index is -0.248. The van der Waals surface area contributed by atoms with Gasteiger partial charge in [-0.05, 0) is 40.2 Å². The number of anilines is 1. The molecule has 0 atom stereocenters. The average Bonchev–Trinajstić information content (AvgIpc) is 2.45. The molecule has 0 fully saturated rings. The number of amides is 1. The van der Waals surface area contributed by atoms with E-state index in [1.807, 2.05) is 12.1 Å². The molecule has 0 aliphatic heterocycles. The lowest BCUT2D eigenvalue weighted by Gasteiger charge is -2.09. The van der Waals surface area contributed by atoms with Gasteiger partial charge in [-0.15, -0.1) is 0 Å². The first-order valence-corrected chi connectivity index (χ1v) is 6.84. The maximum Gasteiger partial charge on any atom is 0.271 e. The van der Waals surface area contributed by atoms with Gasteiger partial charge in [-0.1, -0.05) is 12.1 Å². The molecule has 1 aromatic heterocycles. The highest BCUT2D eigenvalue weighted by Crippen LogP contribution is 2.19. The third kappa shape index (κ3) is 3.71. The summed E-state index contributed by atoms with van der Waals surface area (Å²) in [5.41, 5.74) is 6.67. The van der Waals surface area contributed by atoms with Crippen molar-refractivity contribution in [3.05, 3.63) is 52.8 Å². The summed E-state index contributed by atoms with van der Waals surface area (Å²) in [4.78, 5) is 15.9. The smallest absolute Gasteiger partial charge is 0.271 e. The Morgan fingerprint density at radius 3 is 2.85 bits per heavy atom. The Morgan fingerprint density at radius 2 is 2.10 bits per heavy atom. The lowest BCUT2D eigenvalue weighted by atomic mass is 10.3. The number of rotatable bonds is 5. The van der Waals surface area contributed by atoms with E-state index >= 15 is 0 Å². The van der Waals surface area contributed by atoms with Crippen molar-refractivity contribution < 1.29 is 9.53 Å². The van der Waals surface area contributed by atoms with Gasteiger partial charge in [0.2, 0.25) is 0 Å². The van der Waals surface area contributed by atoms with Crippen molar-refractivity contribution in [1.82, 2.24) is 10.3 Å². The third-order valence-corrected chi connectivity index (χ3v) is 3.18. The van der Waals surface area contributed by atoms with Crippen LogP contribution in [-0.4, -0.2) is 24.0 Å². The molecular formula is C14H14BrN3O2. The van der Waals surface area contributed by atoms with Gasteiger partial charge in [-0.3, -0.25) is 4.79 Å². The number of nitrogens with two attached hydrogens (primary N) is 1. The van der Waals surface area contributed by atoms with Crippen LogP contribution in [-0.2, 0) is 0 Å². The summed E-state index contributed by atoms with van der Waals surface area (Å²) in [6, 6.07) is 10.7. The molecule has 2 rings (SSSR count). The number of hydrogen-bond donors (Lipinski definition) is 2. The normalized spacial score (nSPS) is 10.1. The number of hydrogen-bond acceptors (Lipinski definition) is 4. The van der Waals surface area contributed by atoms with Crippen LogP contribution in [0.2, 0.25) is 0 Å². The molecular weight excluding hydrogens is 322 g/mol. The fraction of sp³-hybridized carbons (Fsp3) is 0.143. The summed E-state index contributed by atoms with van der Waals surface area (Å²) in [5.74, 6) is 0.364. The summed E-state index contributed by atoms with van der Waals surface area (Å²) in [5, 5.41) is 2.73. The molecule has 104 valence electrons. The number of ether oxygens (including phenoxy) is 1. The Kier molecular flexibility index (Phi) is 4.95. The molecule has 0 bridgehead atoms. The fourth-order valence-corrected chi connectivity index (χ4v) is 2.01. The second-order valence-electron chi connectivity index (χ2n) is 3.98. The first kappa shape index (κ1) is 14.3. The third-order valence-electron chi connectivity index (χ3n) is 2.54. The summed E-state index contributed by atoms with van der Waals surface area (Å²) in [6.07, 6.45) is 1.57. The zero-order valence-electron chi connectivity index (χ0n) is 10.7. The highest BCUT2D eigenvalue weighted by atomic mass is 79.9. The Balaban J connectivity index is 1.81. The van der Waals surface area contributed by atoms with Crippen LogP contribution >= 0.6 is 15.9 Å². The van der Waals surface area contributed by atoms with Gasteiger partial charge in [0.1, 0.15) is 18.1 Å². The molecule has 0 unspecified atom stereocenters. The molecule has 6 heteroatoms. The number of para-hydroxylation sites is 2. The van der Waals surface area contributed by atoms with Crippen molar-refractivity contribution >= 4 is 27.5 Å². The molecule has 1 heterocycles. The first-order valence-electron chi connectivity index (χ1n) is 6.04. The number of pyridine rings is 1. The number of nitrogens with zero attached hydrogens (tertiary/aromatic N) is 1. The lowest BCUT2D eigenvalue weighted by Crippen LogP contribution is -2.29. The maximum atomic E-state index is 11.9. The Hall–Kier alpha value is -2.08. The van der Waals surface area contributed by atoms with Crippen molar-refractivity contribution in [2.45, 2.75) is 0 Å². The fourth-order valence-electron chi connectivity index (χ4n) is 1.57. The van der Waals surface area contributed by atoms with Crippen LogP contribution in [0.4, 0.5) is 5.69 Å². The Morgan fingerprint density at radius 1 is 1.30 bits per heavy atom. The van der Waals surface area contributed by atoms with Gasteiger partial charge in [-0.25, -0.2) is 4.98 Å². The molecule has 1 amide bonds. The molecule has 3 N–H and O–H groups in total. The molecule has 0 spiro atoms. The predicted octanol–water partition coefficient (Wildman–Crippen LogP) is 2.24. The van der Waals surface area contributed by atoms with E-state index in [-0.39, 0.29) is 5.91 Å². The van der Waals surface area contributed by atoms with Gasteiger partial charge < -0.3 is 15.8 Å². The molecule has 5 nitrogen and oxygen atoms in total. The number of nitrogens with one attached hydrogen (secondary N) is 1. The highest BCUT2D eigenvalue weighted by Gasteiger charge is 2.10. The van der Waals surface area contributed by atoms with Crippen molar-refractivity contribution in [2.24, 2.45) is 0 Å². The van der Waals surface area contributed by atoms with Gasteiger partial charge in [-0.2, -0.15) is 0 Å². The summed E-state index contributed by atoms with van der Waals surface area (Å²) in [6.45, 7) is 0.709. The molecule has 2 aromatic rings. The highest BCUT2D eigenvalue weighted by molar-refractivity contribution is 9.10. The second kappa shape index (κ2) is 6.91. The second-order valence-corrected chi connectivity index (χ2v) is 4.83. The van der Waals surface area contributed by atoms with Crippen molar-refractivity contribution in [1.29, 1.82) is 0 Å². The number of carbonyl (C=O) groups is 1. The largest absolute Gasteiger partial charge is 0.490 e. The van der Waals surface area contributed by atoms with Gasteiger partial charge in [0.15, 0.2) is 0 Å². The van der Waals surface area contributed by atoms with Crippen LogP contribution < -0.4 is 15.8 Å². The van der Waals surface area contributed by atoms with E-state index in [2.05, 4.69) is 26.2 Å². The van der Waals surface area contributed by atoms with E-state index in [4.69, 9.17) is 10.5 Å². The predicted molar refractivity (Wildman–Crippen MR) is 80.6 cm³/mol. The Labute approximate surface area is 125 Å². The zero-order chi connectivity index (χ0) is 14.4. The topological polar surface area (TPSA) is 77.2 Å². The molecule has 0 aliphatic carbocycles. The average molecular weight is 336 g/mol. The van der Waals surface area contributed by atoms with Gasteiger partial charge in [0.05, 0.1) is 12.2 Å². The molecule has 0 saturated carbocycles. The van der Waals surface area contributed by atoms with Gasteiger partial charge >= 0.3 is 0 Å². The van der Waals surface area contributed by atoms with Crippen LogP contribution in [0.5, 0.6) is 5.75 Å². The van der Waals surface area contributed by atoms with E-state index in [9.17, 15) is 4.79 Å². The summed E-state index contributed by atoms with van der Waals surface area (Å²) >= 11 is 3.28. The van der Waals surface area contributed by atoms with E-state index in [1.54, 1.807) is 30.5 Å². The van der Waals surface area contributed by atoms with E-state index in [0.717, 1.165) is 0 Å². The number of benzene rings is 1. The zero-order valence-corrected chi connectivity index (χ0v) is 12.3. The maximum absolute atomic E-state index is 11.9. The SMILES string of the molecule is Nc1ccccc1OCCNC(=O)c1ncccc1Br. The van der Waals surface area contributed by atoms with Crippen LogP contribution in [0.3, 0.4) is 0 Å².